The lowest BCUT2D eigenvalue weighted by Gasteiger charge is -2.09. The molecule has 0 radical (unpaired) electrons. The summed E-state index contributed by atoms with van der Waals surface area (Å²) < 4.78 is 6.91. The van der Waals surface area contributed by atoms with Crippen LogP contribution < -0.4 is 10.1 Å². The molecule has 152 valence electrons. The number of aromatic nitrogens is 4. The van der Waals surface area contributed by atoms with Crippen molar-refractivity contribution in [3.63, 3.8) is 0 Å². The van der Waals surface area contributed by atoms with Crippen LogP contribution in [0.3, 0.4) is 0 Å². The van der Waals surface area contributed by atoms with Crippen molar-refractivity contribution in [2.45, 2.75) is 27.7 Å². The van der Waals surface area contributed by atoms with Crippen LogP contribution >= 0.6 is 0 Å². The summed E-state index contributed by atoms with van der Waals surface area (Å²) in [6.07, 6.45) is 0. The van der Waals surface area contributed by atoms with Gasteiger partial charge in [-0.1, -0.05) is 18.2 Å². The van der Waals surface area contributed by atoms with E-state index in [9.17, 15) is 4.79 Å². The first kappa shape index (κ1) is 19.6. The Hall–Kier alpha value is -3.74. The van der Waals surface area contributed by atoms with Gasteiger partial charge < -0.3 is 10.1 Å². The number of benzene rings is 2. The fourth-order valence-electron chi connectivity index (χ4n) is 3.43. The van der Waals surface area contributed by atoms with Gasteiger partial charge >= 0.3 is 0 Å². The standard InChI is InChI=1S/C23H23N5O2/c1-13-6-9-18(12-14(13)2)24-23(29)21-16(4)28-22(26-25-21)20(15(3)27-28)17-7-10-19(30-5)11-8-17/h6-12H,1-5H3,(H,24,29). The highest BCUT2D eigenvalue weighted by molar-refractivity contribution is 6.03. The minimum atomic E-state index is -0.315. The Balaban J connectivity index is 1.72. The fraction of sp³-hybridized carbons (Fsp3) is 0.217. The molecule has 0 fully saturated rings. The van der Waals surface area contributed by atoms with Gasteiger partial charge in [-0.15, -0.1) is 10.2 Å². The van der Waals surface area contributed by atoms with Gasteiger partial charge in [0, 0.05) is 5.69 Å². The summed E-state index contributed by atoms with van der Waals surface area (Å²) >= 11 is 0. The molecule has 2 heterocycles. The molecular weight excluding hydrogens is 378 g/mol. The molecule has 0 aliphatic heterocycles. The first-order chi connectivity index (χ1) is 14.4. The largest absolute Gasteiger partial charge is 0.497 e. The Labute approximate surface area is 174 Å². The molecule has 0 atom stereocenters. The number of ether oxygens (including phenoxy) is 1. The molecule has 2 aromatic carbocycles. The molecule has 7 heteroatoms. The topological polar surface area (TPSA) is 81.4 Å². The van der Waals surface area contributed by atoms with Crippen LogP contribution in [0.15, 0.2) is 42.5 Å². The van der Waals surface area contributed by atoms with Gasteiger partial charge in [-0.3, -0.25) is 4.79 Å². The first-order valence-corrected chi connectivity index (χ1v) is 9.64. The van der Waals surface area contributed by atoms with Crippen molar-refractivity contribution < 1.29 is 9.53 Å². The maximum atomic E-state index is 12.8. The third-order valence-electron chi connectivity index (χ3n) is 5.30. The van der Waals surface area contributed by atoms with E-state index in [4.69, 9.17) is 4.74 Å². The van der Waals surface area contributed by atoms with Crippen LogP contribution in [-0.2, 0) is 0 Å². The summed E-state index contributed by atoms with van der Waals surface area (Å²) in [6.45, 7) is 7.78. The zero-order chi connectivity index (χ0) is 21.4. The first-order valence-electron chi connectivity index (χ1n) is 9.64. The molecule has 4 rings (SSSR count). The zero-order valence-electron chi connectivity index (χ0n) is 17.6. The number of carbonyl (C=O) groups is 1. The zero-order valence-corrected chi connectivity index (χ0v) is 17.6. The molecule has 7 nitrogen and oxygen atoms in total. The van der Waals surface area contributed by atoms with Crippen molar-refractivity contribution in [1.29, 1.82) is 0 Å². The number of rotatable bonds is 4. The van der Waals surface area contributed by atoms with E-state index in [2.05, 4.69) is 20.6 Å². The molecule has 2 aromatic heterocycles. The van der Waals surface area contributed by atoms with E-state index in [-0.39, 0.29) is 11.6 Å². The Morgan fingerprint density at radius 1 is 0.967 bits per heavy atom. The third kappa shape index (κ3) is 3.39. The predicted molar refractivity (Wildman–Crippen MR) is 116 cm³/mol. The second-order valence-corrected chi connectivity index (χ2v) is 7.31. The van der Waals surface area contributed by atoms with Gasteiger partial charge in [-0.05, 0) is 68.7 Å². The molecule has 4 aromatic rings. The van der Waals surface area contributed by atoms with Gasteiger partial charge in [0.15, 0.2) is 11.3 Å². The Kier molecular flexibility index (Phi) is 4.95. The summed E-state index contributed by atoms with van der Waals surface area (Å²) in [5, 5.41) is 16.1. The number of fused-ring (bicyclic) bond motifs is 1. The summed E-state index contributed by atoms with van der Waals surface area (Å²) in [4.78, 5) is 12.8. The Morgan fingerprint density at radius 3 is 2.37 bits per heavy atom. The van der Waals surface area contributed by atoms with Crippen molar-refractivity contribution in [3.8, 4) is 16.9 Å². The highest BCUT2D eigenvalue weighted by Gasteiger charge is 2.20. The van der Waals surface area contributed by atoms with Gasteiger partial charge in [0.05, 0.1) is 24.1 Å². The van der Waals surface area contributed by atoms with Gasteiger partial charge in [-0.2, -0.15) is 5.10 Å². The van der Waals surface area contributed by atoms with E-state index in [0.717, 1.165) is 33.8 Å². The molecule has 0 saturated heterocycles. The number of methoxy groups -OCH3 is 1. The number of anilines is 1. The molecule has 0 aliphatic rings. The molecule has 1 N–H and O–H groups in total. The van der Waals surface area contributed by atoms with Crippen LogP contribution in [0, 0.1) is 27.7 Å². The van der Waals surface area contributed by atoms with E-state index in [1.807, 2.05) is 70.2 Å². The molecule has 30 heavy (non-hydrogen) atoms. The maximum absolute atomic E-state index is 12.8. The molecule has 0 saturated carbocycles. The van der Waals surface area contributed by atoms with Crippen molar-refractivity contribution >= 4 is 17.2 Å². The molecular formula is C23H23N5O2. The number of nitrogens with zero attached hydrogens (tertiary/aromatic N) is 4. The van der Waals surface area contributed by atoms with Gasteiger partial charge in [0.25, 0.3) is 5.91 Å². The number of nitrogens with one attached hydrogen (secondary N) is 1. The van der Waals surface area contributed by atoms with Gasteiger partial charge in [-0.25, -0.2) is 4.52 Å². The number of carbonyl (C=O) groups excluding carboxylic acids is 1. The highest BCUT2D eigenvalue weighted by atomic mass is 16.5. The second kappa shape index (κ2) is 7.59. The van der Waals surface area contributed by atoms with Crippen molar-refractivity contribution in [2.24, 2.45) is 0 Å². The predicted octanol–water partition coefficient (Wildman–Crippen LogP) is 4.29. The van der Waals surface area contributed by atoms with E-state index >= 15 is 0 Å². The average molecular weight is 401 g/mol. The van der Waals surface area contributed by atoms with Crippen LogP contribution in [-0.4, -0.2) is 32.8 Å². The summed E-state index contributed by atoms with van der Waals surface area (Å²) in [5.41, 5.74) is 7.14. The summed E-state index contributed by atoms with van der Waals surface area (Å²) in [5.74, 6) is 0.463. The summed E-state index contributed by atoms with van der Waals surface area (Å²) in [6, 6.07) is 13.5. The van der Waals surface area contributed by atoms with Gasteiger partial charge in [0.2, 0.25) is 0 Å². The summed E-state index contributed by atoms with van der Waals surface area (Å²) in [7, 11) is 1.63. The van der Waals surface area contributed by atoms with Crippen molar-refractivity contribution in [3.05, 3.63) is 70.7 Å². The molecule has 0 aliphatic carbocycles. The smallest absolute Gasteiger partial charge is 0.278 e. The van der Waals surface area contributed by atoms with Crippen LogP contribution in [0.5, 0.6) is 5.75 Å². The molecule has 1 amide bonds. The van der Waals surface area contributed by atoms with Crippen LogP contribution in [0.2, 0.25) is 0 Å². The van der Waals surface area contributed by atoms with Crippen molar-refractivity contribution in [1.82, 2.24) is 19.8 Å². The van der Waals surface area contributed by atoms with E-state index in [0.29, 0.717) is 11.3 Å². The molecule has 0 bridgehead atoms. The van der Waals surface area contributed by atoms with Crippen LogP contribution in [0.1, 0.15) is 33.0 Å². The lowest BCUT2D eigenvalue weighted by molar-refractivity contribution is 0.102. The SMILES string of the molecule is COc1ccc(-c2c(C)nn3c(C)c(C(=O)Nc4ccc(C)c(C)c4)nnc23)cc1. The number of hydrogen-bond acceptors (Lipinski definition) is 5. The number of hydrogen-bond donors (Lipinski definition) is 1. The third-order valence-corrected chi connectivity index (χ3v) is 5.30. The number of aryl methyl sites for hydroxylation is 4. The van der Waals surface area contributed by atoms with E-state index < -0.39 is 0 Å². The average Bonchev–Trinajstić information content (AvgIpc) is 3.08. The fourth-order valence-corrected chi connectivity index (χ4v) is 3.43. The van der Waals surface area contributed by atoms with Crippen molar-refractivity contribution in [2.75, 3.05) is 12.4 Å². The van der Waals surface area contributed by atoms with Gasteiger partial charge in [0.1, 0.15) is 5.75 Å². The normalized spacial score (nSPS) is 11.0. The van der Waals surface area contributed by atoms with Crippen LogP contribution in [0.25, 0.3) is 16.8 Å². The lowest BCUT2D eigenvalue weighted by Crippen LogP contribution is -2.18. The van der Waals surface area contributed by atoms with E-state index in [1.165, 1.54) is 5.56 Å². The Bertz CT molecular complexity index is 1260. The minimum Gasteiger partial charge on any atom is -0.497 e. The molecule has 0 unspecified atom stereocenters. The second-order valence-electron chi connectivity index (χ2n) is 7.31. The number of amides is 1. The quantitative estimate of drug-likeness (QED) is 0.552. The lowest BCUT2D eigenvalue weighted by atomic mass is 10.1. The van der Waals surface area contributed by atoms with Crippen LogP contribution in [0.4, 0.5) is 5.69 Å². The minimum absolute atomic E-state index is 0.240. The highest BCUT2D eigenvalue weighted by Crippen LogP contribution is 2.29. The maximum Gasteiger partial charge on any atom is 0.278 e. The molecule has 0 spiro atoms. The Morgan fingerprint density at radius 2 is 1.70 bits per heavy atom. The monoisotopic (exact) mass is 401 g/mol. The van der Waals surface area contributed by atoms with E-state index in [1.54, 1.807) is 11.6 Å².